The van der Waals surface area contributed by atoms with E-state index < -0.39 is 0 Å². The summed E-state index contributed by atoms with van der Waals surface area (Å²) in [4.78, 5) is 0. The van der Waals surface area contributed by atoms with Crippen LogP contribution in [0.3, 0.4) is 0 Å². The summed E-state index contributed by atoms with van der Waals surface area (Å²) in [5.41, 5.74) is 0. The normalized spacial score (nSPS) is 15.0. The molecule has 2 unspecified atom stereocenters. The van der Waals surface area contributed by atoms with E-state index in [9.17, 15) is 0 Å². The van der Waals surface area contributed by atoms with E-state index in [0.29, 0.717) is 0 Å². The Morgan fingerprint density at radius 2 is 1.00 bits per heavy atom. The first-order valence-corrected chi connectivity index (χ1v) is 3.78. The minimum absolute atomic E-state index is 0.194. The first-order chi connectivity index (χ1) is 4.72. The second-order valence-electron chi connectivity index (χ2n) is 1.88. The lowest BCUT2D eigenvalue weighted by atomic mass is 10.3. The zero-order chi connectivity index (χ0) is 8.57. The van der Waals surface area contributed by atoms with E-state index in [0.717, 1.165) is 0 Å². The van der Waals surface area contributed by atoms with Gasteiger partial charge in [-0.1, -0.05) is 13.8 Å². The molecule has 0 spiro atoms. The molecule has 0 rings (SSSR count). The quantitative estimate of drug-likeness (QED) is 0.610. The first kappa shape index (κ1) is 12.6. The molecule has 0 aromatic carbocycles. The molecule has 0 aliphatic carbocycles. The van der Waals surface area contributed by atoms with Crippen LogP contribution in [0.15, 0.2) is 0 Å². The van der Waals surface area contributed by atoms with Crippen LogP contribution in [0.25, 0.3) is 0 Å². The fourth-order valence-electron chi connectivity index (χ4n) is 0.383. The lowest BCUT2D eigenvalue weighted by Crippen LogP contribution is -2.23. The van der Waals surface area contributed by atoms with Crippen molar-refractivity contribution in [2.75, 3.05) is 14.2 Å². The molecule has 0 aromatic rings. The van der Waals surface area contributed by atoms with Crippen LogP contribution in [0.2, 0.25) is 0 Å². The lowest BCUT2D eigenvalue weighted by molar-refractivity contribution is -0.0157. The van der Waals surface area contributed by atoms with Gasteiger partial charge in [-0.05, 0) is 13.8 Å². The standard InChI is InChI=1S/C6H14O2.C2H6/c1-5(7-3)6(2)8-4;1-2/h5-6H,1-4H3;1-2H3. The molecule has 0 bridgehead atoms. The largest absolute Gasteiger partial charge is 0.379 e. The highest BCUT2D eigenvalue weighted by atomic mass is 16.5. The summed E-state index contributed by atoms with van der Waals surface area (Å²) in [6.45, 7) is 7.96. The van der Waals surface area contributed by atoms with Gasteiger partial charge in [0.15, 0.2) is 0 Å². The van der Waals surface area contributed by atoms with E-state index in [2.05, 4.69) is 0 Å². The van der Waals surface area contributed by atoms with Crippen LogP contribution >= 0.6 is 0 Å². The Morgan fingerprint density at radius 3 is 1.10 bits per heavy atom. The van der Waals surface area contributed by atoms with Crippen molar-refractivity contribution in [1.82, 2.24) is 0 Å². The summed E-state index contributed by atoms with van der Waals surface area (Å²) in [6, 6.07) is 0. The third-order valence-corrected chi connectivity index (χ3v) is 1.40. The average molecular weight is 148 g/mol. The van der Waals surface area contributed by atoms with Crippen molar-refractivity contribution in [3.63, 3.8) is 0 Å². The second kappa shape index (κ2) is 8.92. The second-order valence-corrected chi connectivity index (χ2v) is 1.88. The zero-order valence-corrected chi connectivity index (χ0v) is 7.97. The molecular formula is C8H20O2. The van der Waals surface area contributed by atoms with Crippen molar-refractivity contribution in [2.24, 2.45) is 0 Å². The van der Waals surface area contributed by atoms with Gasteiger partial charge in [-0.25, -0.2) is 0 Å². The Balaban J connectivity index is 0. The average Bonchev–Trinajstić information content (AvgIpc) is 2.05. The summed E-state index contributed by atoms with van der Waals surface area (Å²) in [6.07, 6.45) is 0.389. The molecule has 0 aliphatic rings. The molecule has 64 valence electrons. The highest BCUT2D eigenvalue weighted by Gasteiger charge is 2.07. The van der Waals surface area contributed by atoms with Gasteiger partial charge in [0.25, 0.3) is 0 Å². The Hall–Kier alpha value is -0.0800. The van der Waals surface area contributed by atoms with Crippen molar-refractivity contribution in [3.8, 4) is 0 Å². The SMILES string of the molecule is CC.COC(C)C(C)OC. The molecule has 2 atom stereocenters. The van der Waals surface area contributed by atoms with E-state index in [1.807, 2.05) is 27.7 Å². The summed E-state index contributed by atoms with van der Waals surface area (Å²) < 4.78 is 9.96. The maximum Gasteiger partial charge on any atom is 0.0801 e. The number of hydrogen-bond acceptors (Lipinski definition) is 2. The third-order valence-electron chi connectivity index (χ3n) is 1.40. The van der Waals surface area contributed by atoms with Crippen LogP contribution in [0.4, 0.5) is 0 Å². The van der Waals surface area contributed by atoms with Crippen LogP contribution in [0.5, 0.6) is 0 Å². The van der Waals surface area contributed by atoms with Crippen molar-refractivity contribution in [1.29, 1.82) is 0 Å². The van der Waals surface area contributed by atoms with Gasteiger partial charge in [0, 0.05) is 14.2 Å². The topological polar surface area (TPSA) is 18.5 Å². The maximum absolute atomic E-state index is 4.98. The Labute approximate surface area is 64.5 Å². The predicted molar refractivity (Wildman–Crippen MR) is 44.3 cm³/mol. The number of rotatable bonds is 3. The van der Waals surface area contributed by atoms with Gasteiger partial charge in [-0.3, -0.25) is 0 Å². The summed E-state index contributed by atoms with van der Waals surface area (Å²) >= 11 is 0. The molecule has 10 heavy (non-hydrogen) atoms. The van der Waals surface area contributed by atoms with Crippen molar-refractivity contribution < 1.29 is 9.47 Å². The molecule has 0 saturated carbocycles. The molecule has 0 heterocycles. The molecule has 0 aromatic heterocycles. The number of ether oxygens (including phenoxy) is 2. The van der Waals surface area contributed by atoms with Gasteiger partial charge in [0.05, 0.1) is 12.2 Å². The fourth-order valence-corrected chi connectivity index (χ4v) is 0.383. The minimum Gasteiger partial charge on any atom is -0.379 e. The van der Waals surface area contributed by atoms with E-state index in [4.69, 9.17) is 9.47 Å². The molecule has 2 nitrogen and oxygen atoms in total. The summed E-state index contributed by atoms with van der Waals surface area (Å²) in [5.74, 6) is 0. The maximum atomic E-state index is 4.98. The Morgan fingerprint density at radius 1 is 0.800 bits per heavy atom. The van der Waals surface area contributed by atoms with Crippen LogP contribution in [-0.4, -0.2) is 26.4 Å². The van der Waals surface area contributed by atoms with Gasteiger partial charge < -0.3 is 9.47 Å². The highest BCUT2D eigenvalue weighted by Crippen LogP contribution is 1.98. The van der Waals surface area contributed by atoms with E-state index in [1.54, 1.807) is 14.2 Å². The lowest BCUT2D eigenvalue weighted by Gasteiger charge is -2.15. The van der Waals surface area contributed by atoms with E-state index >= 15 is 0 Å². The Kier molecular flexibility index (Phi) is 11.2. The molecule has 0 N–H and O–H groups in total. The first-order valence-electron chi connectivity index (χ1n) is 3.78. The predicted octanol–water partition coefficient (Wildman–Crippen LogP) is 2.08. The fraction of sp³-hybridized carbons (Fsp3) is 1.00. The monoisotopic (exact) mass is 148 g/mol. The van der Waals surface area contributed by atoms with Gasteiger partial charge >= 0.3 is 0 Å². The number of hydrogen-bond donors (Lipinski definition) is 0. The van der Waals surface area contributed by atoms with Gasteiger partial charge in [-0.15, -0.1) is 0 Å². The van der Waals surface area contributed by atoms with Gasteiger partial charge in [0.1, 0.15) is 0 Å². The summed E-state index contributed by atoms with van der Waals surface area (Å²) in [7, 11) is 3.36. The van der Waals surface area contributed by atoms with Crippen molar-refractivity contribution in [3.05, 3.63) is 0 Å². The molecule has 0 radical (unpaired) electrons. The van der Waals surface area contributed by atoms with Crippen LogP contribution in [-0.2, 0) is 9.47 Å². The molecule has 2 heteroatoms. The van der Waals surface area contributed by atoms with Gasteiger partial charge in [-0.2, -0.15) is 0 Å². The van der Waals surface area contributed by atoms with Crippen LogP contribution in [0, 0.1) is 0 Å². The molecule has 0 fully saturated rings. The smallest absolute Gasteiger partial charge is 0.0801 e. The van der Waals surface area contributed by atoms with Crippen LogP contribution in [0.1, 0.15) is 27.7 Å². The molecule has 0 saturated heterocycles. The molecular weight excluding hydrogens is 128 g/mol. The Bertz CT molecular complexity index is 47.2. The number of methoxy groups -OCH3 is 2. The van der Waals surface area contributed by atoms with Crippen LogP contribution < -0.4 is 0 Å². The third kappa shape index (κ3) is 6.05. The van der Waals surface area contributed by atoms with E-state index in [-0.39, 0.29) is 12.2 Å². The minimum atomic E-state index is 0.194. The van der Waals surface area contributed by atoms with Crippen molar-refractivity contribution in [2.45, 2.75) is 39.9 Å². The molecule has 0 amide bonds. The highest BCUT2D eigenvalue weighted by molar-refractivity contribution is 4.56. The molecule has 0 aliphatic heterocycles. The summed E-state index contributed by atoms with van der Waals surface area (Å²) in [5, 5.41) is 0. The van der Waals surface area contributed by atoms with E-state index in [1.165, 1.54) is 0 Å². The van der Waals surface area contributed by atoms with Crippen molar-refractivity contribution >= 4 is 0 Å². The van der Waals surface area contributed by atoms with Gasteiger partial charge in [0.2, 0.25) is 0 Å². The zero-order valence-electron chi connectivity index (χ0n) is 7.97.